The number of para-hydroxylation sites is 1. The zero-order valence-electron chi connectivity index (χ0n) is 15.9. The molecule has 7 heteroatoms. The summed E-state index contributed by atoms with van der Waals surface area (Å²) in [7, 11) is 1.48. The van der Waals surface area contributed by atoms with Crippen LogP contribution in [0, 0.1) is 6.92 Å². The Balaban J connectivity index is 1.74. The number of aryl methyl sites for hydroxylation is 1. The highest BCUT2D eigenvalue weighted by atomic mass is 16.5. The van der Waals surface area contributed by atoms with Crippen molar-refractivity contribution in [1.29, 1.82) is 0 Å². The van der Waals surface area contributed by atoms with Gasteiger partial charge in [0.15, 0.2) is 0 Å². The van der Waals surface area contributed by atoms with E-state index in [1.807, 2.05) is 31.2 Å². The van der Waals surface area contributed by atoms with E-state index in [1.165, 1.54) is 12.0 Å². The number of ether oxygens (including phenoxy) is 1. The van der Waals surface area contributed by atoms with Gasteiger partial charge < -0.3 is 20.3 Å². The van der Waals surface area contributed by atoms with Gasteiger partial charge in [-0.05, 0) is 30.2 Å². The predicted molar refractivity (Wildman–Crippen MR) is 104 cm³/mol. The van der Waals surface area contributed by atoms with Crippen LogP contribution in [0.1, 0.15) is 27.5 Å². The van der Waals surface area contributed by atoms with E-state index in [0.717, 1.165) is 11.1 Å². The van der Waals surface area contributed by atoms with Gasteiger partial charge in [-0.15, -0.1) is 0 Å². The van der Waals surface area contributed by atoms with Crippen LogP contribution in [0.4, 0.5) is 0 Å². The van der Waals surface area contributed by atoms with Gasteiger partial charge in [-0.2, -0.15) is 0 Å². The maximum atomic E-state index is 12.8. The van der Waals surface area contributed by atoms with E-state index in [-0.39, 0.29) is 18.4 Å². The monoisotopic (exact) mass is 381 g/mol. The molecule has 3 rings (SSSR count). The highest BCUT2D eigenvalue weighted by molar-refractivity contribution is 5.99. The summed E-state index contributed by atoms with van der Waals surface area (Å²) >= 11 is 0. The van der Waals surface area contributed by atoms with E-state index in [4.69, 9.17) is 4.74 Å². The molecule has 2 N–H and O–H groups in total. The number of hydrogen-bond acceptors (Lipinski definition) is 4. The molecule has 1 saturated heterocycles. The standard InChI is InChI=1S/C21H23N3O4/c1-14-7-3-4-8-15(14)19-21(27)22-11-12-24(19)18(25)13-23-20(26)16-9-5-6-10-17(16)28-2/h3-10,19H,11-13H2,1-2H3,(H,22,27)(H,23,26). The van der Waals surface area contributed by atoms with E-state index in [0.29, 0.717) is 24.4 Å². The van der Waals surface area contributed by atoms with Crippen LogP contribution >= 0.6 is 0 Å². The lowest BCUT2D eigenvalue weighted by Gasteiger charge is -2.36. The number of rotatable bonds is 5. The van der Waals surface area contributed by atoms with E-state index in [2.05, 4.69) is 10.6 Å². The van der Waals surface area contributed by atoms with Crippen molar-refractivity contribution < 1.29 is 19.1 Å². The summed E-state index contributed by atoms with van der Waals surface area (Å²) in [6.07, 6.45) is 0. The van der Waals surface area contributed by atoms with Gasteiger partial charge in [0.2, 0.25) is 11.8 Å². The Morgan fingerprint density at radius 3 is 2.64 bits per heavy atom. The highest BCUT2D eigenvalue weighted by Crippen LogP contribution is 2.26. The molecule has 0 spiro atoms. The topological polar surface area (TPSA) is 87.7 Å². The number of nitrogens with one attached hydrogen (secondary N) is 2. The van der Waals surface area contributed by atoms with Crippen LogP contribution in [0.2, 0.25) is 0 Å². The molecule has 1 heterocycles. The van der Waals surface area contributed by atoms with Crippen molar-refractivity contribution >= 4 is 17.7 Å². The number of amides is 3. The fourth-order valence-corrected chi connectivity index (χ4v) is 3.32. The molecule has 2 aromatic rings. The summed E-state index contributed by atoms with van der Waals surface area (Å²) in [6.45, 7) is 2.47. The summed E-state index contributed by atoms with van der Waals surface area (Å²) in [5.74, 6) is -0.501. The van der Waals surface area contributed by atoms with Crippen LogP contribution in [-0.4, -0.2) is 49.4 Å². The molecule has 0 radical (unpaired) electrons. The van der Waals surface area contributed by atoms with Crippen LogP contribution < -0.4 is 15.4 Å². The van der Waals surface area contributed by atoms with Crippen molar-refractivity contribution in [3.8, 4) is 5.75 Å². The summed E-state index contributed by atoms with van der Waals surface area (Å²) in [5, 5.41) is 5.44. The maximum absolute atomic E-state index is 12.8. The van der Waals surface area contributed by atoms with Crippen LogP contribution in [0.3, 0.4) is 0 Å². The van der Waals surface area contributed by atoms with Gasteiger partial charge in [0.1, 0.15) is 11.8 Å². The van der Waals surface area contributed by atoms with Crippen LogP contribution in [0.5, 0.6) is 5.75 Å². The van der Waals surface area contributed by atoms with Gasteiger partial charge in [-0.25, -0.2) is 0 Å². The Labute approximate surface area is 163 Å². The van der Waals surface area contributed by atoms with Crippen molar-refractivity contribution in [3.63, 3.8) is 0 Å². The van der Waals surface area contributed by atoms with Gasteiger partial charge in [0.25, 0.3) is 5.91 Å². The molecule has 0 bridgehead atoms. The Hall–Kier alpha value is -3.35. The van der Waals surface area contributed by atoms with Gasteiger partial charge in [-0.3, -0.25) is 14.4 Å². The summed E-state index contributed by atoms with van der Waals surface area (Å²) in [6, 6.07) is 13.6. The molecule has 2 aromatic carbocycles. The van der Waals surface area contributed by atoms with Crippen molar-refractivity contribution in [2.45, 2.75) is 13.0 Å². The second-order valence-corrected chi connectivity index (χ2v) is 6.52. The first kappa shape index (κ1) is 19.4. The molecular formula is C21H23N3O4. The third kappa shape index (κ3) is 3.98. The largest absolute Gasteiger partial charge is 0.496 e. The third-order valence-corrected chi connectivity index (χ3v) is 4.77. The maximum Gasteiger partial charge on any atom is 0.255 e. The Morgan fingerprint density at radius 2 is 1.89 bits per heavy atom. The lowest BCUT2D eigenvalue weighted by Crippen LogP contribution is -2.54. The van der Waals surface area contributed by atoms with Crippen molar-refractivity contribution in [2.75, 3.05) is 26.7 Å². The Bertz CT molecular complexity index is 897. The van der Waals surface area contributed by atoms with Gasteiger partial charge in [0, 0.05) is 13.1 Å². The quantitative estimate of drug-likeness (QED) is 0.820. The zero-order chi connectivity index (χ0) is 20.1. The molecule has 1 atom stereocenters. The number of carbonyl (C=O) groups excluding carboxylic acids is 3. The minimum absolute atomic E-state index is 0.202. The zero-order valence-corrected chi connectivity index (χ0v) is 15.9. The first-order chi connectivity index (χ1) is 13.5. The molecule has 28 heavy (non-hydrogen) atoms. The van der Waals surface area contributed by atoms with E-state index in [1.54, 1.807) is 24.3 Å². The Kier molecular flexibility index (Phi) is 5.93. The van der Waals surface area contributed by atoms with Gasteiger partial charge in [0.05, 0.1) is 19.2 Å². The number of nitrogens with zero attached hydrogens (tertiary/aromatic N) is 1. The first-order valence-electron chi connectivity index (χ1n) is 9.07. The average molecular weight is 381 g/mol. The number of benzene rings is 2. The minimum atomic E-state index is -0.703. The number of carbonyl (C=O) groups is 3. The van der Waals surface area contributed by atoms with E-state index in [9.17, 15) is 14.4 Å². The average Bonchev–Trinajstić information content (AvgIpc) is 2.72. The van der Waals surface area contributed by atoms with Crippen LogP contribution in [-0.2, 0) is 9.59 Å². The lowest BCUT2D eigenvalue weighted by molar-refractivity contribution is -0.142. The molecule has 0 saturated carbocycles. The molecule has 7 nitrogen and oxygen atoms in total. The SMILES string of the molecule is COc1ccccc1C(=O)NCC(=O)N1CCNC(=O)C1c1ccccc1C. The van der Waals surface area contributed by atoms with Gasteiger partial charge in [-0.1, -0.05) is 36.4 Å². The summed E-state index contributed by atoms with van der Waals surface area (Å²) in [4.78, 5) is 39.3. The predicted octanol–water partition coefficient (Wildman–Crippen LogP) is 1.43. The fourth-order valence-electron chi connectivity index (χ4n) is 3.32. The smallest absolute Gasteiger partial charge is 0.255 e. The first-order valence-corrected chi connectivity index (χ1v) is 9.07. The molecule has 1 aliphatic rings. The molecule has 0 aliphatic carbocycles. The molecule has 146 valence electrons. The molecule has 0 aromatic heterocycles. The van der Waals surface area contributed by atoms with E-state index < -0.39 is 11.9 Å². The summed E-state index contributed by atoms with van der Waals surface area (Å²) in [5.41, 5.74) is 2.06. The van der Waals surface area contributed by atoms with Crippen molar-refractivity contribution in [2.24, 2.45) is 0 Å². The molecule has 1 unspecified atom stereocenters. The number of piperazine rings is 1. The molecular weight excluding hydrogens is 358 g/mol. The highest BCUT2D eigenvalue weighted by Gasteiger charge is 2.35. The Morgan fingerprint density at radius 1 is 1.18 bits per heavy atom. The number of hydrogen-bond donors (Lipinski definition) is 2. The molecule has 1 fully saturated rings. The second-order valence-electron chi connectivity index (χ2n) is 6.52. The minimum Gasteiger partial charge on any atom is -0.496 e. The van der Waals surface area contributed by atoms with E-state index >= 15 is 0 Å². The molecule has 3 amide bonds. The van der Waals surface area contributed by atoms with Crippen molar-refractivity contribution in [3.05, 3.63) is 65.2 Å². The summed E-state index contributed by atoms with van der Waals surface area (Å²) < 4.78 is 5.18. The van der Waals surface area contributed by atoms with Crippen molar-refractivity contribution in [1.82, 2.24) is 15.5 Å². The van der Waals surface area contributed by atoms with Crippen LogP contribution in [0.15, 0.2) is 48.5 Å². The fraction of sp³-hybridized carbons (Fsp3) is 0.286. The second kappa shape index (κ2) is 8.56. The van der Waals surface area contributed by atoms with Crippen LogP contribution in [0.25, 0.3) is 0 Å². The number of methoxy groups -OCH3 is 1. The third-order valence-electron chi connectivity index (χ3n) is 4.77. The lowest BCUT2D eigenvalue weighted by atomic mass is 9.97. The molecule has 1 aliphatic heterocycles. The van der Waals surface area contributed by atoms with Gasteiger partial charge >= 0.3 is 0 Å². The normalized spacial score (nSPS) is 16.3.